The second kappa shape index (κ2) is 11.3. The van der Waals surface area contributed by atoms with Crippen molar-refractivity contribution in [2.45, 2.75) is 57.6 Å². The standard InChI is InChI=1S/C29H36N2O5/c1-21(10-6-8-17-32)29(35)25-19-24(36-2)14-15-26(25)31(28(29)34)20-22-11-9-12-23(18-22)30-16-7-4-3-5-13-27(30)33/h6,9-12,14-15,18-19,21,32,35H,3-5,7-8,13,16-17,20H2,1-2H3/b10-6+/t21-,29+/m1/s1. The molecular weight excluding hydrogens is 456 g/mol. The molecule has 2 aromatic rings. The molecule has 2 heterocycles. The van der Waals surface area contributed by atoms with Crippen LogP contribution in [0.5, 0.6) is 5.75 Å². The summed E-state index contributed by atoms with van der Waals surface area (Å²) in [6.07, 6.45) is 8.67. The van der Waals surface area contributed by atoms with Gasteiger partial charge in [0.05, 0.1) is 19.3 Å². The molecule has 2 aliphatic heterocycles. The number of amides is 2. The lowest BCUT2D eigenvalue weighted by Crippen LogP contribution is -2.44. The minimum absolute atomic E-state index is 0.00198. The Kier molecular flexibility index (Phi) is 8.11. The number of benzene rings is 2. The molecule has 0 spiro atoms. The van der Waals surface area contributed by atoms with E-state index in [1.807, 2.05) is 29.2 Å². The first-order valence-corrected chi connectivity index (χ1v) is 12.8. The van der Waals surface area contributed by atoms with Crippen molar-refractivity contribution in [3.05, 3.63) is 65.7 Å². The van der Waals surface area contributed by atoms with Crippen molar-refractivity contribution >= 4 is 23.2 Å². The predicted octanol–water partition coefficient (Wildman–Crippen LogP) is 4.30. The number of carbonyl (C=O) groups excluding carboxylic acids is 2. The summed E-state index contributed by atoms with van der Waals surface area (Å²) in [6, 6.07) is 13.1. The van der Waals surface area contributed by atoms with Crippen LogP contribution in [0.15, 0.2) is 54.6 Å². The number of hydrogen-bond acceptors (Lipinski definition) is 5. The fourth-order valence-electron chi connectivity index (χ4n) is 5.16. The Morgan fingerprint density at radius 2 is 1.92 bits per heavy atom. The van der Waals surface area contributed by atoms with Crippen molar-refractivity contribution in [3.8, 4) is 5.75 Å². The SMILES string of the molecule is COc1ccc2c(c1)[C@@](O)([C@H](C)/C=C/CCO)C(=O)N2Cc1cccc(N2CCCCCCC2=O)c1. The third-order valence-electron chi connectivity index (χ3n) is 7.24. The van der Waals surface area contributed by atoms with Gasteiger partial charge >= 0.3 is 0 Å². The molecule has 4 rings (SSSR count). The fourth-order valence-corrected chi connectivity index (χ4v) is 5.16. The first-order chi connectivity index (χ1) is 17.4. The molecule has 0 aromatic heterocycles. The Morgan fingerprint density at radius 1 is 1.11 bits per heavy atom. The molecule has 0 bridgehead atoms. The van der Waals surface area contributed by atoms with Crippen LogP contribution < -0.4 is 14.5 Å². The smallest absolute Gasteiger partial charge is 0.264 e. The van der Waals surface area contributed by atoms with Gasteiger partial charge in [0.25, 0.3) is 5.91 Å². The number of nitrogens with zero attached hydrogens (tertiary/aromatic N) is 2. The second-order valence-corrected chi connectivity index (χ2v) is 9.65. The van der Waals surface area contributed by atoms with Crippen LogP contribution in [0.25, 0.3) is 0 Å². The van der Waals surface area contributed by atoms with Gasteiger partial charge < -0.3 is 24.7 Å². The Labute approximate surface area is 213 Å². The summed E-state index contributed by atoms with van der Waals surface area (Å²) in [4.78, 5) is 30.0. The Hall–Kier alpha value is -3.16. The third kappa shape index (κ3) is 5.04. The molecule has 7 nitrogen and oxygen atoms in total. The molecule has 192 valence electrons. The molecule has 0 aliphatic carbocycles. The molecule has 1 fully saturated rings. The molecular formula is C29H36N2O5. The van der Waals surface area contributed by atoms with Crippen LogP contribution in [0.2, 0.25) is 0 Å². The van der Waals surface area contributed by atoms with Gasteiger partial charge in [-0.15, -0.1) is 0 Å². The van der Waals surface area contributed by atoms with Crippen LogP contribution in [0, 0.1) is 5.92 Å². The highest BCUT2D eigenvalue weighted by Gasteiger charge is 2.52. The quantitative estimate of drug-likeness (QED) is 0.536. The monoisotopic (exact) mass is 492 g/mol. The van der Waals surface area contributed by atoms with E-state index in [0.29, 0.717) is 36.4 Å². The lowest BCUT2D eigenvalue weighted by molar-refractivity contribution is -0.139. The Balaban J connectivity index is 1.66. The molecule has 2 atom stereocenters. The van der Waals surface area contributed by atoms with Crippen LogP contribution in [-0.2, 0) is 21.7 Å². The van der Waals surface area contributed by atoms with Gasteiger partial charge in [-0.1, -0.05) is 44.1 Å². The van der Waals surface area contributed by atoms with Crippen LogP contribution in [0.1, 0.15) is 56.6 Å². The number of aliphatic hydroxyl groups is 2. The van der Waals surface area contributed by atoms with Crippen molar-refractivity contribution < 1.29 is 24.5 Å². The molecule has 2 aromatic carbocycles. The Morgan fingerprint density at radius 3 is 2.69 bits per heavy atom. The second-order valence-electron chi connectivity index (χ2n) is 9.65. The maximum Gasteiger partial charge on any atom is 0.264 e. The summed E-state index contributed by atoms with van der Waals surface area (Å²) in [7, 11) is 1.55. The van der Waals surface area contributed by atoms with Gasteiger partial charge in [-0.2, -0.15) is 0 Å². The summed E-state index contributed by atoms with van der Waals surface area (Å²) < 4.78 is 5.38. The molecule has 2 amide bonds. The average Bonchev–Trinajstić information content (AvgIpc) is 3.09. The van der Waals surface area contributed by atoms with E-state index < -0.39 is 17.4 Å². The highest BCUT2D eigenvalue weighted by atomic mass is 16.5. The van der Waals surface area contributed by atoms with Gasteiger partial charge in [-0.05, 0) is 55.2 Å². The zero-order valence-corrected chi connectivity index (χ0v) is 21.2. The van der Waals surface area contributed by atoms with Crippen molar-refractivity contribution in [2.75, 3.05) is 30.1 Å². The van der Waals surface area contributed by atoms with Gasteiger partial charge in [0.15, 0.2) is 5.60 Å². The minimum atomic E-state index is -1.76. The molecule has 36 heavy (non-hydrogen) atoms. The fraction of sp³-hybridized carbons (Fsp3) is 0.448. The van der Waals surface area contributed by atoms with E-state index in [4.69, 9.17) is 9.84 Å². The Bertz CT molecular complexity index is 1130. The lowest BCUT2D eigenvalue weighted by atomic mass is 9.83. The number of carbonyl (C=O) groups is 2. The van der Waals surface area contributed by atoms with E-state index in [1.54, 1.807) is 49.3 Å². The molecule has 2 aliphatic rings. The molecule has 2 N–H and O–H groups in total. The maximum atomic E-state index is 13.8. The summed E-state index contributed by atoms with van der Waals surface area (Å²) in [6.45, 7) is 2.77. The number of ether oxygens (including phenoxy) is 1. The van der Waals surface area contributed by atoms with E-state index in [2.05, 4.69) is 0 Å². The zero-order chi connectivity index (χ0) is 25.7. The van der Waals surface area contributed by atoms with Crippen LogP contribution in [0.4, 0.5) is 11.4 Å². The largest absolute Gasteiger partial charge is 0.497 e. The summed E-state index contributed by atoms with van der Waals surface area (Å²) in [5.41, 5.74) is 1.11. The van der Waals surface area contributed by atoms with E-state index in [1.165, 1.54) is 0 Å². The van der Waals surface area contributed by atoms with Gasteiger partial charge in [-0.25, -0.2) is 0 Å². The topological polar surface area (TPSA) is 90.3 Å². The van der Waals surface area contributed by atoms with Crippen LogP contribution in [-0.4, -0.2) is 42.3 Å². The number of aliphatic hydroxyl groups excluding tert-OH is 1. The normalized spacial score (nSPS) is 21.4. The van der Waals surface area contributed by atoms with Crippen LogP contribution >= 0.6 is 0 Å². The number of fused-ring (bicyclic) bond motifs is 1. The van der Waals surface area contributed by atoms with E-state index in [0.717, 1.165) is 36.9 Å². The van der Waals surface area contributed by atoms with Gasteiger partial charge in [0.1, 0.15) is 5.75 Å². The first kappa shape index (κ1) is 25.9. The number of anilines is 2. The van der Waals surface area contributed by atoms with Crippen molar-refractivity contribution in [2.24, 2.45) is 5.92 Å². The number of methoxy groups -OCH3 is 1. The van der Waals surface area contributed by atoms with Gasteiger partial charge in [0.2, 0.25) is 5.91 Å². The summed E-state index contributed by atoms with van der Waals surface area (Å²) in [5.74, 6) is -0.220. The van der Waals surface area contributed by atoms with E-state index >= 15 is 0 Å². The summed E-state index contributed by atoms with van der Waals surface area (Å²) in [5, 5.41) is 20.9. The third-order valence-corrected chi connectivity index (χ3v) is 7.24. The summed E-state index contributed by atoms with van der Waals surface area (Å²) >= 11 is 0. The van der Waals surface area contributed by atoms with Gasteiger partial charge in [-0.3, -0.25) is 9.59 Å². The minimum Gasteiger partial charge on any atom is -0.497 e. The molecule has 1 saturated heterocycles. The number of rotatable bonds is 8. The number of hydrogen-bond donors (Lipinski definition) is 2. The lowest BCUT2D eigenvalue weighted by Gasteiger charge is -2.28. The predicted molar refractivity (Wildman–Crippen MR) is 140 cm³/mol. The maximum absolute atomic E-state index is 13.8. The van der Waals surface area contributed by atoms with Crippen molar-refractivity contribution in [1.29, 1.82) is 0 Å². The van der Waals surface area contributed by atoms with E-state index in [9.17, 15) is 14.7 Å². The van der Waals surface area contributed by atoms with E-state index in [-0.39, 0.29) is 19.1 Å². The highest BCUT2D eigenvalue weighted by molar-refractivity contribution is 6.07. The molecule has 0 unspecified atom stereocenters. The van der Waals surface area contributed by atoms with Crippen molar-refractivity contribution in [1.82, 2.24) is 0 Å². The molecule has 0 radical (unpaired) electrons. The van der Waals surface area contributed by atoms with Crippen molar-refractivity contribution in [3.63, 3.8) is 0 Å². The highest BCUT2D eigenvalue weighted by Crippen LogP contribution is 2.47. The zero-order valence-electron chi connectivity index (χ0n) is 21.2. The molecule has 7 heteroatoms. The average molecular weight is 493 g/mol. The van der Waals surface area contributed by atoms with Gasteiger partial charge in [0, 0.05) is 36.7 Å². The first-order valence-electron chi connectivity index (χ1n) is 12.8. The molecule has 0 saturated carbocycles. The van der Waals surface area contributed by atoms with Crippen LogP contribution in [0.3, 0.4) is 0 Å².